The summed E-state index contributed by atoms with van der Waals surface area (Å²) in [6, 6.07) is 16.8. The number of aromatic nitrogens is 3. The van der Waals surface area contributed by atoms with E-state index in [4.69, 9.17) is 0 Å². The van der Waals surface area contributed by atoms with Crippen molar-refractivity contribution >= 4 is 17.7 Å². The van der Waals surface area contributed by atoms with Gasteiger partial charge in [-0.15, -0.1) is 10.2 Å². The Hall–Kier alpha value is -2.60. The van der Waals surface area contributed by atoms with E-state index in [0.717, 1.165) is 35.9 Å². The van der Waals surface area contributed by atoms with Gasteiger partial charge in [-0.25, -0.2) is 0 Å². The van der Waals surface area contributed by atoms with Crippen LogP contribution in [-0.4, -0.2) is 25.9 Å². The molecule has 0 spiro atoms. The monoisotopic (exact) mass is 406 g/mol. The Kier molecular flexibility index (Phi) is 5.72. The zero-order chi connectivity index (χ0) is 20.4. The summed E-state index contributed by atoms with van der Waals surface area (Å²) in [4.78, 5) is 12.9. The highest BCUT2D eigenvalue weighted by atomic mass is 32.2. The smallest absolute Gasteiger partial charge is 0.233 e. The summed E-state index contributed by atoms with van der Waals surface area (Å²) in [5.41, 5.74) is 4.81. The number of aryl methyl sites for hydroxylation is 3. The van der Waals surface area contributed by atoms with Crippen molar-refractivity contribution in [2.24, 2.45) is 0 Å². The third-order valence-electron chi connectivity index (χ3n) is 5.42. The molecule has 6 heteroatoms. The second-order valence-corrected chi connectivity index (χ2v) is 8.92. The summed E-state index contributed by atoms with van der Waals surface area (Å²) < 4.78 is 2.00. The fourth-order valence-corrected chi connectivity index (χ4v) is 4.74. The van der Waals surface area contributed by atoms with Gasteiger partial charge in [-0.05, 0) is 63.3 Å². The Morgan fingerprint density at radius 3 is 2.69 bits per heavy atom. The quantitative estimate of drug-likeness (QED) is 0.631. The number of benzene rings is 2. The van der Waals surface area contributed by atoms with E-state index in [1.54, 1.807) is 0 Å². The van der Waals surface area contributed by atoms with Crippen molar-refractivity contribution in [3.8, 4) is 5.69 Å². The first-order chi connectivity index (χ1) is 14.0. The molecule has 5 nitrogen and oxygen atoms in total. The van der Waals surface area contributed by atoms with Gasteiger partial charge in [0.25, 0.3) is 0 Å². The molecule has 29 heavy (non-hydrogen) atoms. The molecular formula is C23H26N4OS. The molecule has 1 aliphatic rings. The summed E-state index contributed by atoms with van der Waals surface area (Å²) in [7, 11) is 0. The Balaban J connectivity index is 1.49. The van der Waals surface area contributed by atoms with E-state index in [1.165, 1.54) is 28.5 Å². The van der Waals surface area contributed by atoms with Crippen LogP contribution in [0.5, 0.6) is 0 Å². The second-order valence-electron chi connectivity index (χ2n) is 7.61. The molecule has 1 aromatic heterocycles. The standard InChI is InChI=1S/C23H26N4OS/c1-15-11-13-19(14-12-15)27-17(3)25-26-23(27)29-16(2)22(28)24-21-10-6-8-18-7-4-5-9-20(18)21/h4-5,7,9,11-14,16,21H,6,8,10H2,1-3H3,(H,24,28). The number of carbonyl (C=O) groups excluding carboxylic acids is 1. The number of amides is 1. The van der Waals surface area contributed by atoms with Gasteiger partial charge in [0, 0.05) is 5.69 Å². The van der Waals surface area contributed by atoms with Gasteiger partial charge >= 0.3 is 0 Å². The minimum Gasteiger partial charge on any atom is -0.348 e. The number of rotatable bonds is 5. The normalized spacial score (nSPS) is 16.9. The minimum absolute atomic E-state index is 0.0350. The molecule has 2 unspecified atom stereocenters. The third kappa shape index (κ3) is 4.22. The van der Waals surface area contributed by atoms with Gasteiger partial charge in [0.05, 0.1) is 11.3 Å². The summed E-state index contributed by atoms with van der Waals surface area (Å²) in [5.74, 6) is 0.845. The highest BCUT2D eigenvalue weighted by Gasteiger charge is 2.25. The van der Waals surface area contributed by atoms with Crippen LogP contribution in [0.2, 0.25) is 0 Å². The molecule has 0 saturated carbocycles. The van der Waals surface area contributed by atoms with Gasteiger partial charge in [0.2, 0.25) is 5.91 Å². The lowest BCUT2D eigenvalue weighted by molar-refractivity contribution is -0.121. The zero-order valence-corrected chi connectivity index (χ0v) is 17.9. The molecule has 0 radical (unpaired) electrons. The van der Waals surface area contributed by atoms with Crippen molar-refractivity contribution in [2.75, 3.05) is 0 Å². The molecule has 0 saturated heterocycles. The highest BCUT2D eigenvalue weighted by molar-refractivity contribution is 8.00. The SMILES string of the molecule is Cc1ccc(-n2c(C)nnc2SC(C)C(=O)NC2CCCc3ccccc32)cc1. The number of nitrogens with zero attached hydrogens (tertiary/aromatic N) is 3. The maximum Gasteiger partial charge on any atom is 0.233 e. The molecule has 0 fully saturated rings. The van der Waals surface area contributed by atoms with Gasteiger partial charge < -0.3 is 5.32 Å². The lowest BCUT2D eigenvalue weighted by atomic mass is 9.88. The number of carbonyl (C=O) groups is 1. The Morgan fingerprint density at radius 1 is 1.14 bits per heavy atom. The van der Waals surface area contributed by atoms with Gasteiger partial charge in [-0.1, -0.05) is 53.7 Å². The first-order valence-corrected chi connectivity index (χ1v) is 10.9. The average molecular weight is 407 g/mol. The van der Waals surface area contributed by atoms with Crippen molar-refractivity contribution < 1.29 is 4.79 Å². The van der Waals surface area contributed by atoms with Crippen LogP contribution in [0.3, 0.4) is 0 Å². The van der Waals surface area contributed by atoms with E-state index in [2.05, 4.69) is 64.9 Å². The predicted molar refractivity (Wildman–Crippen MR) is 116 cm³/mol. The van der Waals surface area contributed by atoms with Crippen molar-refractivity contribution in [3.63, 3.8) is 0 Å². The molecule has 0 aliphatic heterocycles. The van der Waals surface area contributed by atoms with E-state index in [0.29, 0.717) is 0 Å². The highest BCUT2D eigenvalue weighted by Crippen LogP contribution is 2.31. The molecule has 150 valence electrons. The number of thioether (sulfide) groups is 1. The maximum atomic E-state index is 12.9. The van der Waals surface area contributed by atoms with Crippen molar-refractivity contribution in [2.45, 2.75) is 56.5 Å². The molecule has 1 aliphatic carbocycles. The molecule has 1 N–H and O–H groups in total. The van der Waals surface area contributed by atoms with Crippen molar-refractivity contribution in [1.82, 2.24) is 20.1 Å². The van der Waals surface area contributed by atoms with Crippen molar-refractivity contribution in [1.29, 1.82) is 0 Å². The number of hydrogen-bond acceptors (Lipinski definition) is 4. The van der Waals surface area contributed by atoms with E-state index in [-0.39, 0.29) is 17.2 Å². The molecular weight excluding hydrogens is 380 g/mol. The number of nitrogens with one attached hydrogen (secondary N) is 1. The van der Waals surface area contributed by atoms with E-state index in [9.17, 15) is 4.79 Å². The lowest BCUT2D eigenvalue weighted by Crippen LogP contribution is -2.36. The maximum absolute atomic E-state index is 12.9. The van der Waals surface area contributed by atoms with E-state index in [1.807, 2.05) is 24.5 Å². The van der Waals surface area contributed by atoms with Crippen LogP contribution in [0.4, 0.5) is 0 Å². The molecule has 3 aromatic rings. The third-order valence-corrected chi connectivity index (χ3v) is 6.47. The summed E-state index contributed by atoms with van der Waals surface area (Å²) >= 11 is 1.45. The first kappa shape index (κ1) is 19.7. The number of hydrogen-bond donors (Lipinski definition) is 1. The van der Waals surface area contributed by atoms with Gasteiger partial charge in [0.15, 0.2) is 5.16 Å². The minimum atomic E-state index is -0.267. The summed E-state index contributed by atoms with van der Waals surface area (Å²) in [6.45, 7) is 5.92. The summed E-state index contributed by atoms with van der Waals surface area (Å²) in [6.07, 6.45) is 3.18. The predicted octanol–water partition coefficient (Wildman–Crippen LogP) is 4.56. The Bertz CT molecular complexity index is 1010. The lowest BCUT2D eigenvalue weighted by Gasteiger charge is -2.27. The van der Waals surface area contributed by atoms with Crippen LogP contribution in [0.1, 0.15) is 48.3 Å². The van der Waals surface area contributed by atoms with Gasteiger partial charge in [-0.3, -0.25) is 9.36 Å². The molecule has 0 bridgehead atoms. The van der Waals surface area contributed by atoms with Crippen molar-refractivity contribution in [3.05, 3.63) is 71.0 Å². The average Bonchev–Trinajstić information content (AvgIpc) is 3.09. The fourth-order valence-electron chi connectivity index (χ4n) is 3.81. The second kappa shape index (κ2) is 8.41. The zero-order valence-electron chi connectivity index (χ0n) is 17.1. The molecule has 4 rings (SSSR count). The van der Waals surface area contributed by atoms with Gasteiger partial charge in [-0.2, -0.15) is 0 Å². The van der Waals surface area contributed by atoms with Crippen LogP contribution in [0.25, 0.3) is 5.69 Å². The summed E-state index contributed by atoms with van der Waals surface area (Å²) in [5, 5.41) is 12.3. The Morgan fingerprint density at radius 2 is 1.90 bits per heavy atom. The van der Waals surface area contributed by atoms with Crippen LogP contribution < -0.4 is 5.32 Å². The first-order valence-electron chi connectivity index (χ1n) is 10.1. The topological polar surface area (TPSA) is 59.8 Å². The molecule has 2 atom stereocenters. The van der Waals surface area contributed by atoms with Gasteiger partial charge in [0.1, 0.15) is 5.82 Å². The molecule has 2 aromatic carbocycles. The Labute approximate surface area is 175 Å². The van der Waals surface area contributed by atoms with Crippen LogP contribution in [0.15, 0.2) is 53.7 Å². The largest absolute Gasteiger partial charge is 0.348 e. The fraction of sp³-hybridized carbons (Fsp3) is 0.348. The van der Waals surface area contributed by atoms with Crippen LogP contribution >= 0.6 is 11.8 Å². The van der Waals surface area contributed by atoms with E-state index < -0.39 is 0 Å². The molecule has 1 heterocycles. The van der Waals surface area contributed by atoms with Crippen LogP contribution in [-0.2, 0) is 11.2 Å². The number of fused-ring (bicyclic) bond motifs is 1. The van der Waals surface area contributed by atoms with Crippen LogP contribution in [0, 0.1) is 13.8 Å². The van der Waals surface area contributed by atoms with E-state index >= 15 is 0 Å². The molecule has 1 amide bonds.